The summed E-state index contributed by atoms with van der Waals surface area (Å²) in [6.07, 6.45) is 12.2. The summed E-state index contributed by atoms with van der Waals surface area (Å²) in [5, 5.41) is 20.4. The quantitative estimate of drug-likeness (QED) is 0.372. The van der Waals surface area contributed by atoms with E-state index in [9.17, 15) is 4.79 Å². The predicted octanol–water partition coefficient (Wildman–Crippen LogP) is 1.96. The minimum Gasteiger partial charge on any atom is -0.335 e. The van der Waals surface area contributed by atoms with Gasteiger partial charge in [0.05, 0.1) is 6.17 Å². The number of urea groups is 1. The van der Waals surface area contributed by atoms with Crippen LogP contribution in [-0.4, -0.2) is 49.7 Å². The maximum atomic E-state index is 12.4. The molecular weight excluding hydrogens is 352 g/mol. The van der Waals surface area contributed by atoms with Crippen molar-refractivity contribution < 1.29 is 4.79 Å². The molecule has 1 saturated carbocycles. The van der Waals surface area contributed by atoms with Crippen molar-refractivity contribution in [1.82, 2.24) is 31.9 Å². The fourth-order valence-electron chi connectivity index (χ4n) is 4.97. The number of hydrogen-bond acceptors (Lipinski definition) is 5. The summed E-state index contributed by atoms with van der Waals surface area (Å²) in [5.41, 5.74) is 0. The molecule has 3 aliphatic rings. The number of carbonyl (C=O) groups excluding carboxylic acids is 1. The van der Waals surface area contributed by atoms with Gasteiger partial charge in [0.15, 0.2) is 0 Å². The second-order valence-corrected chi connectivity index (χ2v) is 9.29. The number of carbonyl (C=O) groups is 1. The Morgan fingerprint density at radius 1 is 1.00 bits per heavy atom. The molecule has 3 rings (SSSR count). The van der Waals surface area contributed by atoms with Crippen molar-refractivity contribution in [2.45, 2.75) is 109 Å². The number of hydrogen-bond donors (Lipinski definition) is 6. The second-order valence-electron chi connectivity index (χ2n) is 9.29. The monoisotopic (exact) mass is 394 g/mol. The summed E-state index contributed by atoms with van der Waals surface area (Å²) >= 11 is 0. The average Bonchev–Trinajstić information content (AvgIpc) is 2.65. The van der Waals surface area contributed by atoms with E-state index in [1.54, 1.807) is 0 Å². The lowest BCUT2D eigenvalue weighted by Gasteiger charge is -2.37. The van der Waals surface area contributed by atoms with E-state index in [0.29, 0.717) is 24.0 Å². The summed E-state index contributed by atoms with van der Waals surface area (Å²) in [6, 6.07) is 1.31. The van der Waals surface area contributed by atoms with Gasteiger partial charge in [0.2, 0.25) is 0 Å². The third-order valence-electron chi connectivity index (χ3n) is 6.49. The van der Waals surface area contributed by atoms with Crippen LogP contribution in [0.15, 0.2) is 0 Å². The van der Waals surface area contributed by atoms with Crippen LogP contribution in [0.3, 0.4) is 0 Å². The van der Waals surface area contributed by atoms with Gasteiger partial charge in [-0.3, -0.25) is 10.6 Å². The molecule has 0 aromatic rings. The van der Waals surface area contributed by atoms with Crippen LogP contribution in [-0.2, 0) is 0 Å². The molecule has 1 aliphatic carbocycles. The maximum Gasteiger partial charge on any atom is 0.317 e. The number of rotatable bonds is 7. The van der Waals surface area contributed by atoms with E-state index in [1.165, 1.54) is 51.5 Å². The molecule has 28 heavy (non-hydrogen) atoms. The first-order valence-corrected chi connectivity index (χ1v) is 11.6. The molecule has 6 unspecified atom stereocenters. The molecule has 3 fully saturated rings. The summed E-state index contributed by atoms with van der Waals surface area (Å²) in [4.78, 5) is 12.4. The fraction of sp³-hybridized carbons (Fsp3) is 0.952. The normalized spacial score (nSPS) is 36.6. The molecule has 7 nitrogen and oxygen atoms in total. The molecule has 6 atom stereocenters. The van der Waals surface area contributed by atoms with Crippen LogP contribution in [0.4, 0.5) is 4.79 Å². The van der Waals surface area contributed by atoms with E-state index in [1.807, 2.05) is 0 Å². The van der Waals surface area contributed by atoms with Crippen LogP contribution in [0.1, 0.15) is 78.1 Å². The molecule has 7 heteroatoms. The molecule has 162 valence electrons. The maximum absolute atomic E-state index is 12.4. The Hall–Kier alpha value is -0.890. The van der Waals surface area contributed by atoms with Crippen LogP contribution in [0, 0.1) is 5.92 Å². The van der Waals surface area contributed by atoms with Crippen LogP contribution < -0.4 is 31.9 Å². The van der Waals surface area contributed by atoms with Gasteiger partial charge in [-0.25, -0.2) is 4.79 Å². The molecule has 2 amide bonds. The Bertz CT molecular complexity index is 470. The molecule has 0 radical (unpaired) electrons. The lowest BCUT2D eigenvalue weighted by Crippen LogP contribution is -2.68. The van der Waals surface area contributed by atoms with E-state index in [0.717, 1.165) is 25.8 Å². The largest absolute Gasteiger partial charge is 0.335 e. The lowest BCUT2D eigenvalue weighted by atomic mass is 9.87. The standard InChI is InChI=1S/C21H42N6O/c1-15-7-5-9-18(13-15)25-21(28)27-20-24-16(2)14-19(26-20)23-12-6-10-17-8-3-4-11-22-17/h15-20,22-24,26H,3-14H2,1-2H3,(H2,25,27,28). The molecule has 2 heterocycles. The highest BCUT2D eigenvalue weighted by molar-refractivity contribution is 5.74. The first kappa shape index (κ1) is 21.8. The molecule has 2 saturated heterocycles. The third-order valence-corrected chi connectivity index (χ3v) is 6.49. The molecule has 0 aromatic heterocycles. The Morgan fingerprint density at radius 3 is 2.68 bits per heavy atom. The van der Waals surface area contributed by atoms with Gasteiger partial charge in [-0.15, -0.1) is 0 Å². The summed E-state index contributed by atoms with van der Waals surface area (Å²) in [5.74, 6) is 0.711. The van der Waals surface area contributed by atoms with Gasteiger partial charge in [-0.2, -0.15) is 0 Å². The zero-order valence-electron chi connectivity index (χ0n) is 17.9. The topological polar surface area (TPSA) is 89.2 Å². The van der Waals surface area contributed by atoms with E-state index >= 15 is 0 Å². The Kier molecular flexibility index (Phi) is 8.83. The zero-order chi connectivity index (χ0) is 19.8. The minimum atomic E-state index is -0.192. The van der Waals surface area contributed by atoms with Crippen molar-refractivity contribution in [2.75, 3.05) is 13.1 Å². The summed E-state index contributed by atoms with van der Waals surface area (Å²) in [6.45, 7) is 6.65. The highest BCUT2D eigenvalue weighted by atomic mass is 16.2. The van der Waals surface area contributed by atoms with Gasteiger partial charge < -0.3 is 21.3 Å². The second kappa shape index (κ2) is 11.3. The Labute approximate surface area is 170 Å². The van der Waals surface area contributed by atoms with Gasteiger partial charge >= 0.3 is 6.03 Å². The van der Waals surface area contributed by atoms with Crippen molar-refractivity contribution in [3.8, 4) is 0 Å². The van der Waals surface area contributed by atoms with Crippen LogP contribution in [0.2, 0.25) is 0 Å². The average molecular weight is 395 g/mol. The van der Waals surface area contributed by atoms with Crippen molar-refractivity contribution >= 4 is 6.03 Å². The van der Waals surface area contributed by atoms with E-state index in [2.05, 4.69) is 45.7 Å². The SMILES string of the molecule is CC1CCCC(NC(=O)NC2NC(C)CC(NCCCC3CCCCN3)N2)C1. The summed E-state index contributed by atoms with van der Waals surface area (Å²) < 4.78 is 0. The smallest absolute Gasteiger partial charge is 0.317 e. The molecule has 0 aromatic carbocycles. The first-order valence-electron chi connectivity index (χ1n) is 11.6. The van der Waals surface area contributed by atoms with Gasteiger partial charge in [0, 0.05) is 18.1 Å². The van der Waals surface area contributed by atoms with Crippen LogP contribution in [0.25, 0.3) is 0 Å². The first-order chi connectivity index (χ1) is 13.6. The van der Waals surface area contributed by atoms with Crippen molar-refractivity contribution in [3.63, 3.8) is 0 Å². The van der Waals surface area contributed by atoms with E-state index in [-0.39, 0.29) is 18.5 Å². The number of nitrogens with one attached hydrogen (secondary N) is 6. The van der Waals surface area contributed by atoms with Gasteiger partial charge in [-0.05, 0) is 70.9 Å². The fourth-order valence-corrected chi connectivity index (χ4v) is 4.97. The van der Waals surface area contributed by atoms with Gasteiger partial charge in [-0.1, -0.05) is 26.2 Å². The highest BCUT2D eigenvalue weighted by Gasteiger charge is 2.27. The predicted molar refractivity (Wildman–Crippen MR) is 114 cm³/mol. The lowest BCUT2D eigenvalue weighted by molar-refractivity contribution is 0.182. The molecule has 6 N–H and O–H groups in total. The summed E-state index contributed by atoms with van der Waals surface area (Å²) in [7, 11) is 0. The van der Waals surface area contributed by atoms with Crippen LogP contribution in [0.5, 0.6) is 0 Å². The van der Waals surface area contributed by atoms with Crippen molar-refractivity contribution in [3.05, 3.63) is 0 Å². The van der Waals surface area contributed by atoms with Crippen LogP contribution >= 0.6 is 0 Å². The molecular formula is C21H42N6O. The number of piperidine rings is 1. The van der Waals surface area contributed by atoms with Crippen molar-refractivity contribution in [2.24, 2.45) is 5.92 Å². The Morgan fingerprint density at radius 2 is 1.89 bits per heavy atom. The molecule has 0 spiro atoms. The van der Waals surface area contributed by atoms with Gasteiger partial charge in [0.25, 0.3) is 0 Å². The van der Waals surface area contributed by atoms with Gasteiger partial charge in [0.1, 0.15) is 6.29 Å². The van der Waals surface area contributed by atoms with E-state index in [4.69, 9.17) is 0 Å². The zero-order valence-corrected chi connectivity index (χ0v) is 17.9. The van der Waals surface area contributed by atoms with E-state index < -0.39 is 0 Å². The van der Waals surface area contributed by atoms with Crippen molar-refractivity contribution in [1.29, 1.82) is 0 Å². The number of amides is 2. The third kappa shape index (κ3) is 7.50. The minimum absolute atomic E-state index is 0.0691. The Balaban J connectivity index is 1.33. The molecule has 0 bridgehead atoms. The molecule has 2 aliphatic heterocycles. The highest BCUT2D eigenvalue weighted by Crippen LogP contribution is 2.23.